The fourth-order valence-corrected chi connectivity index (χ4v) is 1.91. The number of para-hydroxylation sites is 1. The van der Waals surface area contributed by atoms with Gasteiger partial charge in [0.15, 0.2) is 0 Å². The van der Waals surface area contributed by atoms with Gasteiger partial charge in [-0.2, -0.15) is 0 Å². The van der Waals surface area contributed by atoms with Crippen molar-refractivity contribution in [2.45, 2.75) is 38.8 Å². The number of aliphatic carboxylic acids is 1. The van der Waals surface area contributed by atoms with Crippen molar-refractivity contribution in [3.8, 4) is 5.75 Å². The normalized spacial score (nSPS) is 15.8. The highest BCUT2D eigenvalue weighted by Gasteiger charge is 2.38. The number of hydrogen-bond donors (Lipinski definition) is 2. The predicted octanol–water partition coefficient (Wildman–Crippen LogP) is 2.38. The zero-order valence-electron chi connectivity index (χ0n) is 11.4. The molecule has 0 aliphatic rings. The van der Waals surface area contributed by atoms with Crippen LogP contribution in [0, 0.1) is 0 Å². The topological polar surface area (TPSA) is 58.6 Å². The molecule has 0 spiro atoms. The van der Waals surface area contributed by atoms with Crippen molar-refractivity contribution in [2.75, 3.05) is 7.11 Å². The number of ether oxygens (including phenoxy) is 1. The van der Waals surface area contributed by atoms with Crippen molar-refractivity contribution >= 4 is 5.97 Å². The SMILES string of the molecule is CCC(C)NC(C)(C(=O)O)c1ccccc1OC. The summed E-state index contributed by atoms with van der Waals surface area (Å²) in [6, 6.07) is 7.30. The largest absolute Gasteiger partial charge is 0.496 e. The molecule has 0 bridgehead atoms. The van der Waals surface area contributed by atoms with E-state index >= 15 is 0 Å². The Hall–Kier alpha value is -1.55. The van der Waals surface area contributed by atoms with E-state index in [2.05, 4.69) is 5.32 Å². The Labute approximate surface area is 108 Å². The minimum Gasteiger partial charge on any atom is -0.496 e. The Morgan fingerprint density at radius 3 is 2.61 bits per heavy atom. The first-order chi connectivity index (χ1) is 8.45. The maximum absolute atomic E-state index is 11.6. The highest BCUT2D eigenvalue weighted by molar-refractivity contribution is 5.81. The van der Waals surface area contributed by atoms with Gasteiger partial charge in [-0.25, -0.2) is 4.79 Å². The summed E-state index contributed by atoms with van der Waals surface area (Å²) in [4.78, 5) is 11.6. The Bertz CT molecular complexity index is 419. The van der Waals surface area contributed by atoms with Gasteiger partial charge in [0.2, 0.25) is 0 Å². The molecule has 4 heteroatoms. The lowest BCUT2D eigenvalue weighted by Gasteiger charge is -2.31. The van der Waals surface area contributed by atoms with Crippen molar-refractivity contribution in [3.63, 3.8) is 0 Å². The third kappa shape index (κ3) is 2.82. The Kier molecular flexibility index (Phi) is 4.73. The molecule has 18 heavy (non-hydrogen) atoms. The predicted molar refractivity (Wildman–Crippen MR) is 70.9 cm³/mol. The van der Waals surface area contributed by atoms with E-state index < -0.39 is 11.5 Å². The molecule has 0 aromatic heterocycles. The lowest BCUT2D eigenvalue weighted by Crippen LogP contribution is -2.50. The first kappa shape index (κ1) is 14.5. The van der Waals surface area contributed by atoms with Gasteiger partial charge in [0.1, 0.15) is 11.3 Å². The number of carboxylic acid groups (broad SMARTS) is 1. The van der Waals surface area contributed by atoms with Crippen LogP contribution in [0.5, 0.6) is 5.75 Å². The van der Waals surface area contributed by atoms with E-state index in [0.29, 0.717) is 11.3 Å². The van der Waals surface area contributed by atoms with E-state index in [0.717, 1.165) is 6.42 Å². The number of hydrogen-bond acceptors (Lipinski definition) is 3. The van der Waals surface area contributed by atoms with Gasteiger partial charge in [-0.15, -0.1) is 0 Å². The molecule has 0 fully saturated rings. The van der Waals surface area contributed by atoms with Gasteiger partial charge in [0, 0.05) is 11.6 Å². The van der Waals surface area contributed by atoms with Crippen LogP contribution in [0.25, 0.3) is 0 Å². The van der Waals surface area contributed by atoms with Gasteiger partial charge in [-0.1, -0.05) is 25.1 Å². The second-order valence-electron chi connectivity index (χ2n) is 4.58. The summed E-state index contributed by atoms with van der Waals surface area (Å²) < 4.78 is 5.25. The molecule has 2 unspecified atom stereocenters. The molecule has 0 saturated heterocycles. The molecule has 0 heterocycles. The number of nitrogens with one attached hydrogen (secondary N) is 1. The van der Waals surface area contributed by atoms with Crippen LogP contribution >= 0.6 is 0 Å². The molecule has 1 aromatic carbocycles. The summed E-state index contributed by atoms with van der Waals surface area (Å²) in [6.45, 7) is 5.65. The van der Waals surface area contributed by atoms with Crippen LogP contribution in [0.3, 0.4) is 0 Å². The first-order valence-corrected chi connectivity index (χ1v) is 6.10. The number of benzene rings is 1. The van der Waals surface area contributed by atoms with E-state index in [1.807, 2.05) is 26.0 Å². The Balaban J connectivity index is 3.22. The molecule has 100 valence electrons. The molecule has 0 amide bonds. The van der Waals surface area contributed by atoms with Gasteiger partial charge in [-0.05, 0) is 26.3 Å². The molecule has 2 N–H and O–H groups in total. The zero-order chi connectivity index (χ0) is 13.8. The summed E-state index contributed by atoms with van der Waals surface area (Å²) in [5.74, 6) is -0.328. The second kappa shape index (κ2) is 5.87. The van der Waals surface area contributed by atoms with Crippen molar-refractivity contribution in [3.05, 3.63) is 29.8 Å². The summed E-state index contributed by atoms with van der Waals surface area (Å²) in [6.07, 6.45) is 0.859. The minimum absolute atomic E-state index is 0.107. The number of carbonyl (C=O) groups is 1. The van der Waals surface area contributed by atoms with Crippen LogP contribution in [0.15, 0.2) is 24.3 Å². The van der Waals surface area contributed by atoms with Gasteiger partial charge >= 0.3 is 5.97 Å². The van der Waals surface area contributed by atoms with Crippen molar-refractivity contribution in [1.82, 2.24) is 5.32 Å². The molecule has 1 rings (SSSR count). The quantitative estimate of drug-likeness (QED) is 0.815. The molecule has 0 aliphatic heterocycles. The van der Waals surface area contributed by atoms with E-state index in [1.54, 1.807) is 26.2 Å². The molecule has 1 aromatic rings. The van der Waals surface area contributed by atoms with Crippen LogP contribution in [0.1, 0.15) is 32.8 Å². The van der Waals surface area contributed by atoms with Gasteiger partial charge in [0.25, 0.3) is 0 Å². The van der Waals surface area contributed by atoms with Crippen molar-refractivity contribution < 1.29 is 14.6 Å². The van der Waals surface area contributed by atoms with Crippen LogP contribution < -0.4 is 10.1 Å². The molecule has 4 nitrogen and oxygen atoms in total. The minimum atomic E-state index is -1.15. The van der Waals surface area contributed by atoms with Gasteiger partial charge in [0.05, 0.1) is 7.11 Å². The van der Waals surface area contributed by atoms with Crippen LogP contribution in [0.4, 0.5) is 0 Å². The lowest BCUT2D eigenvalue weighted by molar-refractivity contribution is -0.145. The summed E-state index contributed by atoms with van der Waals surface area (Å²) in [5, 5.41) is 12.7. The smallest absolute Gasteiger partial charge is 0.328 e. The summed E-state index contributed by atoms with van der Waals surface area (Å²) >= 11 is 0. The first-order valence-electron chi connectivity index (χ1n) is 6.10. The van der Waals surface area contributed by atoms with E-state index in [-0.39, 0.29) is 6.04 Å². The number of rotatable bonds is 6. The summed E-state index contributed by atoms with van der Waals surface area (Å²) in [7, 11) is 1.55. The molecule has 0 radical (unpaired) electrons. The van der Waals surface area contributed by atoms with E-state index in [1.165, 1.54) is 0 Å². The standard InChI is InChI=1S/C14H21NO3/c1-5-10(2)15-14(3,13(16)17)11-8-6-7-9-12(11)18-4/h6-10,15H,5H2,1-4H3,(H,16,17). The van der Waals surface area contributed by atoms with E-state index in [9.17, 15) is 9.90 Å². The maximum atomic E-state index is 11.6. The zero-order valence-corrected chi connectivity index (χ0v) is 11.4. The van der Waals surface area contributed by atoms with Crippen LogP contribution in [-0.4, -0.2) is 24.2 Å². The van der Waals surface area contributed by atoms with E-state index in [4.69, 9.17) is 4.74 Å². The van der Waals surface area contributed by atoms with Crippen LogP contribution in [-0.2, 0) is 10.3 Å². The maximum Gasteiger partial charge on any atom is 0.328 e. The third-order valence-electron chi connectivity index (χ3n) is 3.22. The number of methoxy groups -OCH3 is 1. The summed E-state index contributed by atoms with van der Waals surface area (Å²) in [5.41, 5.74) is -0.512. The average Bonchev–Trinajstić information content (AvgIpc) is 2.38. The fourth-order valence-electron chi connectivity index (χ4n) is 1.91. The highest BCUT2D eigenvalue weighted by Crippen LogP contribution is 2.30. The average molecular weight is 251 g/mol. The highest BCUT2D eigenvalue weighted by atomic mass is 16.5. The van der Waals surface area contributed by atoms with Gasteiger partial charge < -0.3 is 9.84 Å². The second-order valence-corrected chi connectivity index (χ2v) is 4.58. The third-order valence-corrected chi connectivity index (χ3v) is 3.22. The van der Waals surface area contributed by atoms with Crippen LogP contribution in [0.2, 0.25) is 0 Å². The fraction of sp³-hybridized carbons (Fsp3) is 0.500. The monoisotopic (exact) mass is 251 g/mol. The Morgan fingerprint density at radius 1 is 1.50 bits per heavy atom. The molecule has 0 aliphatic carbocycles. The molecule has 0 saturated carbocycles. The van der Waals surface area contributed by atoms with Crippen molar-refractivity contribution in [2.24, 2.45) is 0 Å². The molecular formula is C14H21NO3. The Morgan fingerprint density at radius 2 is 2.11 bits per heavy atom. The molecular weight excluding hydrogens is 230 g/mol. The molecule has 2 atom stereocenters. The van der Waals surface area contributed by atoms with Gasteiger partial charge in [-0.3, -0.25) is 5.32 Å². The van der Waals surface area contributed by atoms with Crippen molar-refractivity contribution in [1.29, 1.82) is 0 Å². The lowest BCUT2D eigenvalue weighted by atomic mass is 9.90. The number of carboxylic acids is 1.